The summed E-state index contributed by atoms with van der Waals surface area (Å²) in [6.07, 6.45) is 1.20. The van der Waals surface area contributed by atoms with Gasteiger partial charge in [0.25, 0.3) is 0 Å². The lowest BCUT2D eigenvalue weighted by atomic mass is 10.1. The normalized spacial score (nSPS) is 26.6. The van der Waals surface area contributed by atoms with Gasteiger partial charge >= 0.3 is 0 Å². The third-order valence-corrected chi connectivity index (χ3v) is 3.75. The van der Waals surface area contributed by atoms with Gasteiger partial charge in [-0.3, -0.25) is 0 Å². The average Bonchev–Trinajstić information content (AvgIpc) is 2.98. The summed E-state index contributed by atoms with van der Waals surface area (Å²) in [7, 11) is 2.16. The number of hydrogen-bond acceptors (Lipinski definition) is 5. The van der Waals surface area contributed by atoms with Crippen molar-refractivity contribution in [2.45, 2.75) is 12.3 Å². The van der Waals surface area contributed by atoms with Gasteiger partial charge in [-0.2, -0.15) is 0 Å². The maximum Gasteiger partial charge on any atom is 0.227 e. The molecule has 2 fully saturated rings. The van der Waals surface area contributed by atoms with E-state index in [1.807, 2.05) is 0 Å². The minimum absolute atomic E-state index is 0.556. The molecular formula is C12H20N4O. The smallest absolute Gasteiger partial charge is 0.227 e. The van der Waals surface area contributed by atoms with E-state index in [9.17, 15) is 0 Å². The number of hydrogen-bond donors (Lipinski definition) is 1. The van der Waals surface area contributed by atoms with E-state index in [0.29, 0.717) is 5.92 Å². The Bertz CT molecular complexity index is 353. The van der Waals surface area contributed by atoms with Crippen LogP contribution in [-0.2, 0) is 0 Å². The summed E-state index contributed by atoms with van der Waals surface area (Å²) >= 11 is 0. The first-order valence-electron chi connectivity index (χ1n) is 6.44. The van der Waals surface area contributed by atoms with Crippen LogP contribution in [0.5, 0.6) is 0 Å². The molecule has 5 nitrogen and oxygen atoms in total. The van der Waals surface area contributed by atoms with Gasteiger partial charge in [-0.05, 0) is 20.0 Å². The third kappa shape index (κ3) is 2.30. The second-order valence-electron chi connectivity index (χ2n) is 5.07. The highest BCUT2D eigenvalue weighted by atomic mass is 16.5. The molecule has 0 radical (unpaired) electrons. The highest BCUT2D eigenvalue weighted by Gasteiger charge is 2.25. The minimum Gasteiger partial charge on any atom is -0.338 e. The van der Waals surface area contributed by atoms with Gasteiger partial charge in [0.05, 0.1) is 5.69 Å². The Morgan fingerprint density at radius 1 is 1.35 bits per heavy atom. The van der Waals surface area contributed by atoms with Crippen molar-refractivity contribution in [1.82, 2.24) is 15.4 Å². The number of likely N-dealkylation sites (N-methyl/N-ethyl adjacent to an activating group) is 1. The average molecular weight is 236 g/mol. The molecule has 0 amide bonds. The molecule has 3 rings (SSSR count). The van der Waals surface area contributed by atoms with E-state index in [2.05, 4.69) is 33.4 Å². The fraction of sp³-hybridized carbons (Fsp3) is 0.750. The zero-order chi connectivity index (χ0) is 11.7. The number of nitrogens with zero attached hydrogens (tertiary/aromatic N) is 3. The van der Waals surface area contributed by atoms with E-state index >= 15 is 0 Å². The summed E-state index contributed by atoms with van der Waals surface area (Å²) < 4.78 is 5.48. The molecule has 3 heterocycles. The monoisotopic (exact) mass is 236 g/mol. The Hall–Kier alpha value is -1.07. The van der Waals surface area contributed by atoms with Crippen molar-refractivity contribution in [3.8, 4) is 0 Å². The molecule has 5 heteroatoms. The number of anilines is 1. The fourth-order valence-corrected chi connectivity index (χ4v) is 2.68. The Morgan fingerprint density at radius 3 is 2.88 bits per heavy atom. The lowest BCUT2D eigenvalue weighted by molar-refractivity contribution is 0.387. The van der Waals surface area contributed by atoms with Crippen LogP contribution in [-0.4, -0.2) is 56.4 Å². The van der Waals surface area contributed by atoms with E-state index in [-0.39, 0.29) is 0 Å². The van der Waals surface area contributed by atoms with E-state index in [1.54, 1.807) is 0 Å². The summed E-state index contributed by atoms with van der Waals surface area (Å²) in [6, 6.07) is 2.13. The molecule has 1 aromatic rings. The van der Waals surface area contributed by atoms with Crippen molar-refractivity contribution in [2.24, 2.45) is 0 Å². The second kappa shape index (κ2) is 4.66. The van der Waals surface area contributed by atoms with E-state index in [0.717, 1.165) is 44.3 Å². The van der Waals surface area contributed by atoms with E-state index < -0.39 is 0 Å². The standard InChI is InChI=1S/C12H20N4O/c1-15-5-2-10(9-15)11-8-12(17-14-11)16-6-3-13-4-7-16/h8,10,13H,2-7,9H2,1H3. The quantitative estimate of drug-likeness (QED) is 0.810. The SMILES string of the molecule is CN1CCC(c2cc(N3CCNCC3)on2)C1. The molecule has 0 spiro atoms. The van der Waals surface area contributed by atoms with Gasteiger partial charge in [0.15, 0.2) is 0 Å². The molecule has 0 aliphatic carbocycles. The number of rotatable bonds is 2. The molecule has 0 aromatic carbocycles. The molecule has 1 aromatic heterocycles. The van der Waals surface area contributed by atoms with Crippen LogP contribution in [0.25, 0.3) is 0 Å². The topological polar surface area (TPSA) is 44.5 Å². The predicted octanol–water partition coefficient (Wildman–Crippen LogP) is 0.503. The molecule has 94 valence electrons. The Balaban J connectivity index is 1.69. The van der Waals surface area contributed by atoms with Crippen molar-refractivity contribution >= 4 is 5.88 Å². The van der Waals surface area contributed by atoms with Crippen LogP contribution in [0, 0.1) is 0 Å². The van der Waals surface area contributed by atoms with E-state index in [1.165, 1.54) is 13.0 Å². The van der Waals surface area contributed by atoms with Gasteiger partial charge in [0.1, 0.15) is 0 Å². The lowest BCUT2D eigenvalue weighted by Crippen LogP contribution is -2.43. The fourth-order valence-electron chi connectivity index (χ4n) is 2.68. The van der Waals surface area contributed by atoms with Crippen molar-refractivity contribution < 1.29 is 4.52 Å². The first kappa shape index (κ1) is 11.0. The molecule has 17 heavy (non-hydrogen) atoms. The number of aromatic nitrogens is 1. The van der Waals surface area contributed by atoms with Gasteiger partial charge in [0, 0.05) is 44.7 Å². The summed E-state index contributed by atoms with van der Waals surface area (Å²) in [6.45, 7) is 6.36. The first-order valence-corrected chi connectivity index (χ1v) is 6.44. The first-order chi connectivity index (χ1) is 8.33. The van der Waals surface area contributed by atoms with Gasteiger partial charge in [0.2, 0.25) is 5.88 Å². The maximum absolute atomic E-state index is 5.48. The van der Waals surface area contributed by atoms with Crippen LogP contribution in [0.3, 0.4) is 0 Å². The molecule has 0 bridgehead atoms. The molecule has 2 saturated heterocycles. The number of likely N-dealkylation sites (tertiary alicyclic amines) is 1. The number of piperazine rings is 1. The zero-order valence-corrected chi connectivity index (χ0v) is 10.4. The van der Waals surface area contributed by atoms with Crippen LogP contribution in [0.1, 0.15) is 18.0 Å². The molecule has 0 saturated carbocycles. The second-order valence-corrected chi connectivity index (χ2v) is 5.07. The summed E-state index contributed by atoms with van der Waals surface area (Å²) in [5.41, 5.74) is 1.13. The van der Waals surface area contributed by atoms with Crippen molar-refractivity contribution in [1.29, 1.82) is 0 Å². The largest absolute Gasteiger partial charge is 0.338 e. The summed E-state index contributed by atoms with van der Waals surface area (Å²) in [5.74, 6) is 1.50. The van der Waals surface area contributed by atoms with Gasteiger partial charge in [-0.15, -0.1) is 0 Å². The molecule has 1 N–H and O–H groups in total. The Morgan fingerprint density at radius 2 is 2.18 bits per heavy atom. The minimum atomic E-state index is 0.556. The van der Waals surface area contributed by atoms with E-state index in [4.69, 9.17) is 4.52 Å². The van der Waals surface area contributed by atoms with Crippen molar-refractivity contribution in [2.75, 3.05) is 51.2 Å². The van der Waals surface area contributed by atoms with Crippen LogP contribution in [0.4, 0.5) is 5.88 Å². The van der Waals surface area contributed by atoms with Crippen LogP contribution < -0.4 is 10.2 Å². The van der Waals surface area contributed by atoms with Gasteiger partial charge in [-0.25, -0.2) is 0 Å². The highest BCUT2D eigenvalue weighted by Crippen LogP contribution is 2.28. The maximum atomic E-state index is 5.48. The van der Waals surface area contributed by atoms with Crippen LogP contribution >= 0.6 is 0 Å². The van der Waals surface area contributed by atoms with Gasteiger partial charge in [-0.1, -0.05) is 5.16 Å². The van der Waals surface area contributed by atoms with Crippen molar-refractivity contribution in [3.05, 3.63) is 11.8 Å². The third-order valence-electron chi connectivity index (χ3n) is 3.75. The Labute approximate surface area is 102 Å². The van der Waals surface area contributed by atoms with Gasteiger partial charge < -0.3 is 19.6 Å². The molecular weight excluding hydrogens is 216 g/mol. The van der Waals surface area contributed by atoms with Crippen LogP contribution in [0.15, 0.2) is 10.6 Å². The lowest BCUT2D eigenvalue weighted by Gasteiger charge is -2.26. The predicted molar refractivity (Wildman–Crippen MR) is 66.4 cm³/mol. The molecule has 1 atom stereocenters. The molecule has 1 unspecified atom stereocenters. The van der Waals surface area contributed by atoms with Crippen molar-refractivity contribution in [3.63, 3.8) is 0 Å². The summed E-state index contributed by atoms with van der Waals surface area (Å²) in [5, 5.41) is 7.59. The highest BCUT2D eigenvalue weighted by molar-refractivity contribution is 5.37. The number of nitrogens with one attached hydrogen (secondary N) is 1. The van der Waals surface area contributed by atoms with Crippen LogP contribution in [0.2, 0.25) is 0 Å². The summed E-state index contributed by atoms with van der Waals surface area (Å²) in [4.78, 5) is 4.62. The molecule has 2 aliphatic heterocycles. The zero-order valence-electron chi connectivity index (χ0n) is 10.4. The molecule has 2 aliphatic rings. The Kier molecular flexibility index (Phi) is 3.03.